The van der Waals surface area contributed by atoms with Crippen molar-refractivity contribution in [1.82, 2.24) is 9.62 Å². The molecule has 0 spiro atoms. The van der Waals surface area contributed by atoms with Crippen molar-refractivity contribution < 1.29 is 17.6 Å². The molecule has 1 aliphatic heterocycles. The van der Waals surface area contributed by atoms with Crippen molar-refractivity contribution in [3.05, 3.63) is 65.5 Å². The van der Waals surface area contributed by atoms with Gasteiger partial charge >= 0.3 is 0 Å². The lowest BCUT2D eigenvalue weighted by molar-refractivity contribution is -0.119. The van der Waals surface area contributed by atoms with Crippen LogP contribution in [0.5, 0.6) is 0 Å². The summed E-state index contributed by atoms with van der Waals surface area (Å²) in [5.41, 5.74) is 0.905. The van der Waals surface area contributed by atoms with Gasteiger partial charge in [0.15, 0.2) is 0 Å². The average Bonchev–Trinajstić information content (AvgIpc) is 3.11. The molecule has 0 aromatic heterocycles. The van der Waals surface area contributed by atoms with Gasteiger partial charge in [-0.3, -0.25) is 4.79 Å². The van der Waals surface area contributed by atoms with Crippen molar-refractivity contribution in [2.45, 2.75) is 36.7 Å². The second kappa shape index (κ2) is 8.50. The molecule has 0 unspecified atom stereocenters. The lowest BCUT2D eigenvalue weighted by atomic mass is 10.1. The lowest BCUT2D eigenvalue weighted by Crippen LogP contribution is -2.35. The topological polar surface area (TPSA) is 90.3 Å². The molecule has 2 aromatic rings. The number of hydrogen-bond donors (Lipinski definition) is 1. The van der Waals surface area contributed by atoms with Gasteiger partial charge in [0.05, 0.1) is 16.5 Å². The Labute approximate surface area is 163 Å². The van der Waals surface area contributed by atoms with E-state index in [0.717, 1.165) is 0 Å². The van der Waals surface area contributed by atoms with E-state index in [2.05, 4.69) is 5.32 Å². The molecular formula is C20H20FN3O3S. The minimum Gasteiger partial charge on any atom is -0.353 e. The monoisotopic (exact) mass is 401 g/mol. The van der Waals surface area contributed by atoms with Crippen LogP contribution < -0.4 is 5.32 Å². The first-order chi connectivity index (χ1) is 13.4. The fourth-order valence-corrected chi connectivity index (χ4v) is 4.64. The summed E-state index contributed by atoms with van der Waals surface area (Å²) in [7, 11) is -3.87. The number of nitrogens with one attached hydrogen (secondary N) is 1. The van der Waals surface area contributed by atoms with Crippen LogP contribution >= 0.6 is 0 Å². The zero-order valence-electron chi connectivity index (χ0n) is 15.1. The highest BCUT2D eigenvalue weighted by Crippen LogP contribution is 2.21. The van der Waals surface area contributed by atoms with E-state index in [0.29, 0.717) is 24.8 Å². The van der Waals surface area contributed by atoms with Crippen LogP contribution in [0.4, 0.5) is 4.39 Å². The van der Waals surface area contributed by atoms with E-state index < -0.39 is 15.8 Å². The summed E-state index contributed by atoms with van der Waals surface area (Å²) in [6.45, 7) is 0.265. The van der Waals surface area contributed by atoms with Gasteiger partial charge in [-0.25, -0.2) is 12.8 Å². The molecule has 8 heteroatoms. The Balaban J connectivity index is 1.85. The molecule has 0 bridgehead atoms. The van der Waals surface area contributed by atoms with E-state index >= 15 is 0 Å². The second-order valence-corrected chi connectivity index (χ2v) is 8.63. The maximum absolute atomic E-state index is 13.2. The van der Waals surface area contributed by atoms with Crippen LogP contribution in [-0.2, 0) is 21.4 Å². The third kappa shape index (κ3) is 4.74. The van der Waals surface area contributed by atoms with Crippen molar-refractivity contribution in [2.24, 2.45) is 0 Å². The Hall–Kier alpha value is -2.76. The largest absolute Gasteiger partial charge is 0.353 e. The molecule has 1 fully saturated rings. The number of sulfonamides is 1. The number of nitriles is 1. The zero-order chi connectivity index (χ0) is 20.1. The maximum Gasteiger partial charge on any atom is 0.243 e. The van der Waals surface area contributed by atoms with Gasteiger partial charge in [0.25, 0.3) is 0 Å². The predicted octanol–water partition coefficient (Wildman–Crippen LogP) is 2.56. The summed E-state index contributed by atoms with van der Waals surface area (Å²) in [6.07, 6.45) is 1.59. The molecule has 1 aliphatic rings. The molecule has 146 valence electrons. The standard InChI is InChI=1S/C20H20FN3O3S/c21-17-6-4-15(5-7-17)14-24(11-10-18-8-9-20(25)23-18)28(26,27)19-3-1-2-16(12-19)13-22/h1-7,12,18H,8-11,14H2,(H,23,25)/t18-/m0/s1. The number of amides is 1. The second-order valence-electron chi connectivity index (χ2n) is 6.70. The fraction of sp³-hybridized carbons (Fsp3) is 0.300. The van der Waals surface area contributed by atoms with Crippen LogP contribution in [0.25, 0.3) is 0 Å². The Bertz CT molecular complexity index is 1000. The Morgan fingerprint density at radius 1 is 1.21 bits per heavy atom. The minimum absolute atomic E-state index is 0.0281. The average molecular weight is 401 g/mol. The van der Waals surface area contributed by atoms with Crippen molar-refractivity contribution in [3.63, 3.8) is 0 Å². The van der Waals surface area contributed by atoms with Crippen molar-refractivity contribution in [1.29, 1.82) is 5.26 Å². The van der Waals surface area contributed by atoms with Crippen LogP contribution in [-0.4, -0.2) is 31.2 Å². The van der Waals surface area contributed by atoms with Crippen LogP contribution in [0, 0.1) is 17.1 Å². The highest BCUT2D eigenvalue weighted by molar-refractivity contribution is 7.89. The predicted molar refractivity (Wildman–Crippen MR) is 101 cm³/mol. The van der Waals surface area contributed by atoms with Crippen molar-refractivity contribution in [2.75, 3.05) is 6.54 Å². The van der Waals surface area contributed by atoms with Crippen LogP contribution in [0.15, 0.2) is 53.4 Å². The SMILES string of the molecule is N#Cc1cccc(S(=O)(=O)N(CC[C@@H]2CCC(=O)N2)Cc2ccc(F)cc2)c1. The molecule has 0 radical (unpaired) electrons. The van der Waals surface area contributed by atoms with Gasteiger partial charge in [-0.1, -0.05) is 18.2 Å². The van der Waals surface area contributed by atoms with E-state index in [1.54, 1.807) is 12.1 Å². The van der Waals surface area contributed by atoms with E-state index in [-0.39, 0.29) is 35.5 Å². The van der Waals surface area contributed by atoms with Crippen molar-refractivity contribution in [3.8, 4) is 6.07 Å². The molecule has 0 aliphatic carbocycles. The molecule has 2 aromatic carbocycles. The molecule has 1 amide bonds. The minimum atomic E-state index is -3.87. The first-order valence-corrected chi connectivity index (χ1v) is 10.4. The molecule has 1 saturated heterocycles. The first kappa shape index (κ1) is 20.0. The number of hydrogen-bond acceptors (Lipinski definition) is 4. The normalized spacial score (nSPS) is 16.8. The third-order valence-corrected chi connectivity index (χ3v) is 6.53. The van der Waals surface area contributed by atoms with Crippen LogP contribution in [0.2, 0.25) is 0 Å². The maximum atomic E-state index is 13.2. The number of carbonyl (C=O) groups is 1. The molecule has 1 N–H and O–H groups in total. The van der Waals surface area contributed by atoms with Gasteiger partial charge in [0.2, 0.25) is 15.9 Å². The zero-order valence-corrected chi connectivity index (χ0v) is 16.0. The number of carbonyl (C=O) groups excluding carboxylic acids is 1. The molecule has 28 heavy (non-hydrogen) atoms. The van der Waals surface area contributed by atoms with E-state index in [9.17, 15) is 17.6 Å². The Kier molecular flexibility index (Phi) is 6.07. The number of nitrogens with zero attached hydrogens (tertiary/aromatic N) is 2. The third-order valence-electron chi connectivity index (χ3n) is 4.69. The van der Waals surface area contributed by atoms with Gasteiger partial charge in [0.1, 0.15) is 5.82 Å². The smallest absolute Gasteiger partial charge is 0.243 e. The summed E-state index contributed by atoms with van der Waals surface area (Å²) in [4.78, 5) is 11.4. The van der Waals surface area contributed by atoms with E-state index in [1.165, 1.54) is 40.7 Å². The van der Waals surface area contributed by atoms with Gasteiger partial charge in [-0.05, 0) is 48.7 Å². The van der Waals surface area contributed by atoms with Crippen molar-refractivity contribution >= 4 is 15.9 Å². The molecule has 1 atom stereocenters. The van der Waals surface area contributed by atoms with Gasteiger partial charge in [-0.15, -0.1) is 0 Å². The molecule has 0 saturated carbocycles. The van der Waals surface area contributed by atoms with Gasteiger partial charge in [-0.2, -0.15) is 9.57 Å². The summed E-state index contributed by atoms with van der Waals surface area (Å²) in [5, 5.41) is 11.9. The summed E-state index contributed by atoms with van der Waals surface area (Å²) >= 11 is 0. The van der Waals surface area contributed by atoms with Crippen LogP contribution in [0.1, 0.15) is 30.4 Å². The molecule has 3 rings (SSSR count). The number of halogens is 1. The quantitative estimate of drug-likeness (QED) is 0.772. The molecule has 1 heterocycles. The first-order valence-electron chi connectivity index (χ1n) is 8.92. The molecule has 6 nitrogen and oxygen atoms in total. The van der Waals surface area contributed by atoms with Gasteiger partial charge in [0, 0.05) is 25.6 Å². The Morgan fingerprint density at radius 2 is 1.96 bits per heavy atom. The van der Waals surface area contributed by atoms with Gasteiger partial charge < -0.3 is 5.32 Å². The summed E-state index contributed by atoms with van der Waals surface area (Å²) < 4.78 is 40.9. The highest BCUT2D eigenvalue weighted by atomic mass is 32.2. The fourth-order valence-electron chi connectivity index (χ4n) is 3.15. The van der Waals surface area contributed by atoms with E-state index in [1.807, 2.05) is 6.07 Å². The van der Waals surface area contributed by atoms with E-state index in [4.69, 9.17) is 5.26 Å². The highest BCUT2D eigenvalue weighted by Gasteiger charge is 2.28. The summed E-state index contributed by atoms with van der Waals surface area (Å²) in [5.74, 6) is -0.423. The number of rotatable bonds is 7. The summed E-state index contributed by atoms with van der Waals surface area (Å²) in [6, 6.07) is 13.4. The van der Waals surface area contributed by atoms with Crippen LogP contribution in [0.3, 0.4) is 0 Å². The number of benzene rings is 2. The lowest BCUT2D eigenvalue weighted by Gasteiger charge is -2.24. The molecular weight excluding hydrogens is 381 g/mol. The Morgan fingerprint density at radius 3 is 2.61 bits per heavy atom.